The molecule has 0 aromatic heterocycles. The van der Waals surface area contributed by atoms with Gasteiger partial charge in [-0.25, -0.2) is 4.79 Å². The molecule has 1 atom stereocenters. The first-order chi connectivity index (χ1) is 12.1. The molecule has 0 radical (unpaired) electrons. The van der Waals surface area contributed by atoms with Crippen LogP contribution in [0.3, 0.4) is 0 Å². The number of benzene rings is 3. The summed E-state index contributed by atoms with van der Waals surface area (Å²) in [6.45, 7) is 0. The van der Waals surface area contributed by atoms with Gasteiger partial charge >= 0.3 is 5.97 Å². The highest BCUT2D eigenvalue weighted by atomic mass is 35.5. The van der Waals surface area contributed by atoms with Gasteiger partial charge in [-0.2, -0.15) is 0 Å². The van der Waals surface area contributed by atoms with Crippen molar-refractivity contribution >= 4 is 17.6 Å². The first-order valence-corrected chi connectivity index (χ1v) is 8.29. The van der Waals surface area contributed by atoms with Crippen molar-refractivity contribution in [2.24, 2.45) is 0 Å². The SMILES string of the molecule is O=C(O)C(Cc1cccc(Cl)c1)Oc1ccc(-c2ccccc2)cc1. The van der Waals surface area contributed by atoms with Crippen molar-refractivity contribution in [3.8, 4) is 16.9 Å². The van der Waals surface area contributed by atoms with E-state index < -0.39 is 12.1 Å². The van der Waals surface area contributed by atoms with E-state index in [9.17, 15) is 9.90 Å². The maximum absolute atomic E-state index is 11.5. The number of ether oxygens (including phenoxy) is 1. The summed E-state index contributed by atoms with van der Waals surface area (Å²) in [6, 6.07) is 24.5. The number of hydrogen-bond donors (Lipinski definition) is 1. The van der Waals surface area contributed by atoms with Crippen molar-refractivity contribution in [3.63, 3.8) is 0 Å². The smallest absolute Gasteiger partial charge is 0.345 e. The summed E-state index contributed by atoms with van der Waals surface area (Å²) in [5.41, 5.74) is 2.97. The molecule has 1 unspecified atom stereocenters. The van der Waals surface area contributed by atoms with Gasteiger partial charge in [0.1, 0.15) is 5.75 Å². The van der Waals surface area contributed by atoms with Gasteiger partial charge in [0, 0.05) is 11.4 Å². The number of carboxylic acids is 1. The lowest BCUT2D eigenvalue weighted by Crippen LogP contribution is -2.29. The Morgan fingerprint density at radius 3 is 2.24 bits per heavy atom. The molecule has 0 fully saturated rings. The van der Waals surface area contributed by atoms with E-state index in [1.54, 1.807) is 30.3 Å². The number of aliphatic carboxylic acids is 1. The molecule has 0 bridgehead atoms. The third-order valence-corrected chi connectivity index (χ3v) is 4.06. The van der Waals surface area contributed by atoms with Gasteiger partial charge < -0.3 is 9.84 Å². The minimum atomic E-state index is -1.01. The van der Waals surface area contributed by atoms with E-state index in [1.165, 1.54) is 0 Å². The van der Waals surface area contributed by atoms with E-state index in [2.05, 4.69) is 0 Å². The number of hydrogen-bond acceptors (Lipinski definition) is 2. The Hall–Kier alpha value is -2.78. The van der Waals surface area contributed by atoms with Crippen molar-refractivity contribution in [2.75, 3.05) is 0 Å². The molecule has 0 aliphatic carbocycles. The van der Waals surface area contributed by atoms with Gasteiger partial charge in [0.05, 0.1) is 0 Å². The molecule has 25 heavy (non-hydrogen) atoms. The summed E-state index contributed by atoms with van der Waals surface area (Å²) in [5, 5.41) is 10.0. The van der Waals surface area contributed by atoms with Gasteiger partial charge in [0.2, 0.25) is 0 Å². The predicted octanol–water partition coefficient (Wildman–Crippen LogP) is 5.08. The second-order valence-corrected chi connectivity index (χ2v) is 6.11. The fourth-order valence-electron chi connectivity index (χ4n) is 2.58. The molecule has 4 heteroatoms. The lowest BCUT2D eigenvalue weighted by molar-refractivity contribution is -0.145. The Morgan fingerprint density at radius 2 is 1.60 bits per heavy atom. The van der Waals surface area contributed by atoms with Crippen molar-refractivity contribution < 1.29 is 14.6 Å². The highest BCUT2D eigenvalue weighted by molar-refractivity contribution is 6.30. The Bertz CT molecular complexity index is 845. The Balaban J connectivity index is 1.73. The van der Waals surface area contributed by atoms with Crippen LogP contribution in [0.15, 0.2) is 78.9 Å². The zero-order chi connectivity index (χ0) is 17.6. The Labute approximate surface area is 151 Å². The summed E-state index contributed by atoms with van der Waals surface area (Å²) in [4.78, 5) is 11.5. The van der Waals surface area contributed by atoms with Gasteiger partial charge in [-0.3, -0.25) is 0 Å². The first kappa shape index (κ1) is 17.1. The zero-order valence-electron chi connectivity index (χ0n) is 13.4. The first-order valence-electron chi connectivity index (χ1n) is 7.91. The maximum Gasteiger partial charge on any atom is 0.345 e. The maximum atomic E-state index is 11.5. The Kier molecular flexibility index (Phi) is 5.36. The molecular weight excluding hydrogens is 336 g/mol. The molecule has 0 spiro atoms. The molecule has 126 valence electrons. The van der Waals surface area contributed by atoms with Crippen LogP contribution in [0, 0.1) is 0 Å². The molecular formula is C21H17ClO3. The van der Waals surface area contributed by atoms with E-state index in [0.29, 0.717) is 10.8 Å². The van der Waals surface area contributed by atoms with Crippen LogP contribution in [-0.2, 0) is 11.2 Å². The van der Waals surface area contributed by atoms with Crippen molar-refractivity contribution in [1.82, 2.24) is 0 Å². The molecule has 0 saturated heterocycles. The largest absolute Gasteiger partial charge is 0.478 e. The third kappa shape index (κ3) is 4.61. The Morgan fingerprint density at radius 1 is 0.920 bits per heavy atom. The van der Waals surface area contributed by atoms with E-state index in [0.717, 1.165) is 16.7 Å². The predicted molar refractivity (Wildman–Crippen MR) is 99.1 cm³/mol. The van der Waals surface area contributed by atoms with Crippen LogP contribution in [0.1, 0.15) is 5.56 Å². The number of carboxylic acid groups (broad SMARTS) is 1. The summed E-state index contributed by atoms with van der Waals surface area (Å²) < 4.78 is 5.67. The fourth-order valence-corrected chi connectivity index (χ4v) is 2.79. The normalized spacial score (nSPS) is 11.7. The molecule has 0 saturated carbocycles. The second-order valence-electron chi connectivity index (χ2n) is 5.67. The van der Waals surface area contributed by atoms with Crippen LogP contribution < -0.4 is 4.74 Å². The van der Waals surface area contributed by atoms with Crippen LogP contribution in [0.25, 0.3) is 11.1 Å². The van der Waals surface area contributed by atoms with Gasteiger partial charge in [-0.15, -0.1) is 0 Å². The molecule has 0 amide bonds. The lowest BCUT2D eigenvalue weighted by Gasteiger charge is -2.16. The van der Waals surface area contributed by atoms with Crippen LogP contribution in [0.2, 0.25) is 5.02 Å². The van der Waals surface area contributed by atoms with Crippen molar-refractivity contribution in [1.29, 1.82) is 0 Å². The molecule has 0 heterocycles. The topological polar surface area (TPSA) is 46.5 Å². The van der Waals surface area contributed by atoms with E-state index in [1.807, 2.05) is 48.5 Å². The minimum Gasteiger partial charge on any atom is -0.478 e. The van der Waals surface area contributed by atoms with E-state index in [-0.39, 0.29) is 6.42 Å². The van der Waals surface area contributed by atoms with Gasteiger partial charge in [-0.05, 0) is 41.0 Å². The minimum absolute atomic E-state index is 0.246. The zero-order valence-corrected chi connectivity index (χ0v) is 14.2. The van der Waals surface area contributed by atoms with Crippen molar-refractivity contribution in [2.45, 2.75) is 12.5 Å². The highest BCUT2D eigenvalue weighted by Gasteiger charge is 2.20. The van der Waals surface area contributed by atoms with Crippen LogP contribution >= 0.6 is 11.6 Å². The van der Waals surface area contributed by atoms with Crippen LogP contribution in [0.4, 0.5) is 0 Å². The van der Waals surface area contributed by atoms with E-state index in [4.69, 9.17) is 16.3 Å². The van der Waals surface area contributed by atoms with Gasteiger partial charge in [0.25, 0.3) is 0 Å². The number of carbonyl (C=O) groups is 1. The summed E-state index contributed by atoms with van der Waals surface area (Å²) in [7, 11) is 0. The van der Waals surface area contributed by atoms with Crippen LogP contribution in [0.5, 0.6) is 5.75 Å². The van der Waals surface area contributed by atoms with Crippen molar-refractivity contribution in [3.05, 3.63) is 89.4 Å². The van der Waals surface area contributed by atoms with Crippen LogP contribution in [-0.4, -0.2) is 17.2 Å². The molecule has 3 rings (SSSR count). The van der Waals surface area contributed by atoms with Gasteiger partial charge in [-0.1, -0.05) is 66.2 Å². The molecule has 0 aliphatic rings. The molecule has 3 nitrogen and oxygen atoms in total. The fraction of sp³-hybridized carbons (Fsp3) is 0.0952. The molecule has 3 aromatic carbocycles. The second kappa shape index (κ2) is 7.86. The average Bonchev–Trinajstić information content (AvgIpc) is 2.62. The van der Waals surface area contributed by atoms with Gasteiger partial charge in [0.15, 0.2) is 6.10 Å². The summed E-state index contributed by atoms with van der Waals surface area (Å²) in [5.74, 6) is -0.485. The summed E-state index contributed by atoms with van der Waals surface area (Å²) in [6.07, 6.45) is -0.725. The third-order valence-electron chi connectivity index (χ3n) is 3.83. The monoisotopic (exact) mass is 352 g/mol. The lowest BCUT2D eigenvalue weighted by atomic mass is 10.1. The quantitative estimate of drug-likeness (QED) is 0.672. The number of halogens is 1. The number of rotatable bonds is 6. The molecule has 1 N–H and O–H groups in total. The average molecular weight is 353 g/mol. The van der Waals surface area contributed by atoms with E-state index >= 15 is 0 Å². The molecule has 3 aromatic rings. The highest BCUT2D eigenvalue weighted by Crippen LogP contribution is 2.23. The summed E-state index contributed by atoms with van der Waals surface area (Å²) >= 11 is 5.96. The standard InChI is InChI=1S/C21H17ClO3/c22-18-8-4-5-15(13-18)14-20(21(23)24)25-19-11-9-17(10-12-19)16-6-2-1-3-7-16/h1-13,20H,14H2,(H,23,24). The molecule has 0 aliphatic heterocycles.